The highest BCUT2D eigenvalue weighted by atomic mass is 16.5. The van der Waals surface area contributed by atoms with Gasteiger partial charge in [0.1, 0.15) is 11.5 Å². The lowest BCUT2D eigenvalue weighted by Crippen LogP contribution is -2.22. The topological polar surface area (TPSA) is 127 Å². The molecule has 2 aliphatic carbocycles. The zero-order chi connectivity index (χ0) is 24.9. The number of allylic oxidation sites excluding steroid dienone is 4. The Morgan fingerprint density at radius 1 is 0.676 bits per heavy atom. The molecule has 4 rings (SSSR count). The molecule has 0 bridgehead atoms. The van der Waals surface area contributed by atoms with Crippen LogP contribution in [0.1, 0.15) is 66.4 Å². The van der Waals surface area contributed by atoms with Crippen molar-refractivity contribution in [1.29, 1.82) is 0 Å². The van der Waals surface area contributed by atoms with Crippen molar-refractivity contribution in [1.82, 2.24) is 0 Å². The lowest BCUT2D eigenvalue weighted by Gasteiger charge is -2.24. The van der Waals surface area contributed by atoms with Gasteiger partial charge >= 0.3 is 0 Å². The molecule has 8 heteroatoms. The third-order valence-corrected chi connectivity index (χ3v) is 5.79. The Balaban J connectivity index is 2.04. The van der Waals surface area contributed by atoms with Gasteiger partial charge in [0.05, 0.1) is 24.3 Å². The highest BCUT2D eigenvalue weighted by Crippen LogP contribution is 2.46. The number of phenolic OH excluding ortho intramolecular Hbond substituents is 2. The number of hydrogen-bond donors (Lipinski definition) is 2. The number of carbonyl (C=O) groups excluding carboxylic acids is 4. The largest absolute Gasteiger partial charge is 0.507 e. The van der Waals surface area contributed by atoms with Crippen LogP contribution in [0.4, 0.5) is 0 Å². The molecule has 0 atom stereocenters. The lowest BCUT2D eigenvalue weighted by atomic mass is 9.80. The zero-order valence-corrected chi connectivity index (χ0v) is 19.1. The molecule has 0 spiro atoms. The Hall–Kier alpha value is -4.20. The van der Waals surface area contributed by atoms with E-state index in [9.17, 15) is 29.4 Å². The highest BCUT2D eigenvalue weighted by Gasteiger charge is 2.37. The number of Topliss-reactive ketones (excluding diaryl/α,β-unsaturated/α-hetero) is 2. The molecule has 0 unspecified atom stereocenters. The fourth-order valence-corrected chi connectivity index (χ4v) is 4.43. The van der Waals surface area contributed by atoms with Crippen molar-refractivity contribution in [2.24, 2.45) is 0 Å². The van der Waals surface area contributed by atoms with E-state index in [0.29, 0.717) is 11.1 Å². The number of hydrogen-bond acceptors (Lipinski definition) is 8. The minimum absolute atomic E-state index is 0.0124. The van der Waals surface area contributed by atoms with E-state index in [1.807, 2.05) is 0 Å². The normalized spacial score (nSPS) is 14.9. The zero-order valence-electron chi connectivity index (χ0n) is 19.1. The molecule has 2 aromatic carbocycles. The molecule has 0 saturated carbocycles. The molecule has 0 heterocycles. The van der Waals surface area contributed by atoms with E-state index < -0.39 is 34.6 Å². The van der Waals surface area contributed by atoms with Crippen LogP contribution in [-0.2, 0) is 9.47 Å². The van der Waals surface area contributed by atoms with Crippen molar-refractivity contribution in [2.45, 2.75) is 27.7 Å². The quantitative estimate of drug-likeness (QED) is 0.683. The predicted octanol–water partition coefficient (Wildman–Crippen LogP) is 3.98. The standard InChI is InChI=1S/C26H22O8/c1-5-33-17-9-14(27)13-7-11(3)20(26(32)21(13)24(17)30)19-12(4)8-15(28)23-22(19)16(29)10-18(25(23)31)34-6-2/h7-10,28,32H,5-6H2,1-4H3. The Bertz CT molecular complexity index is 1370. The fourth-order valence-electron chi connectivity index (χ4n) is 4.43. The average molecular weight is 462 g/mol. The van der Waals surface area contributed by atoms with Crippen molar-refractivity contribution in [2.75, 3.05) is 13.2 Å². The average Bonchev–Trinajstić information content (AvgIpc) is 2.76. The van der Waals surface area contributed by atoms with Gasteiger partial charge in [-0.15, -0.1) is 0 Å². The number of aryl methyl sites for hydroxylation is 2. The minimum atomic E-state index is -0.668. The maximum atomic E-state index is 13.1. The van der Waals surface area contributed by atoms with Crippen LogP contribution in [0.5, 0.6) is 11.5 Å². The van der Waals surface area contributed by atoms with Crippen LogP contribution in [-0.4, -0.2) is 46.6 Å². The first-order valence-electron chi connectivity index (χ1n) is 10.7. The molecule has 34 heavy (non-hydrogen) atoms. The summed E-state index contributed by atoms with van der Waals surface area (Å²) in [5, 5.41) is 21.8. The van der Waals surface area contributed by atoms with Crippen molar-refractivity contribution in [3.05, 3.63) is 69.2 Å². The second-order valence-electron chi connectivity index (χ2n) is 7.95. The number of aromatic hydroxyl groups is 2. The molecule has 0 aromatic heterocycles. The van der Waals surface area contributed by atoms with Crippen LogP contribution in [0.15, 0.2) is 35.8 Å². The minimum Gasteiger partial charge on any atom is -0.507 e. The van der Waals surface area contributed by atoms with Gasteiger partial charge in [-0.2, -0.15) is 0 Å². The Morgan fingerprint density at radius 3 is 1.79 bits per heavy atom. The SMILES string of the molecule is CCOC1=CC(=O)c2cc(C)c(-c3c(C)cc(O)c4c3C(=O)C=C(OCC)C4=O)c(O)c2C1=O. The smallest absolute Gasteiger partial charge is 0.232 e. The fraction of sp³-hybridized carbons (Fsp3) is 0.231. The molecule has 0 saturated heterocycles. The summed E-state index contributed by atoms with van der Waals surface area (Å²) in [7, 11) is 0. The van der Waals surface area contributed by atoms with Gasteiger partial charge in [0.15, 0.2) is 23.1 Å². The maximum Gasteiger partial charge on any atom is 0.232 e. The third-order valence-electron chi connectivity index (χ3n) is 5.79. The third kappa shape index (κ3) is 3.30. The first-order chi connectivity index (χ1) is 16.1. The van der Waals surface area contributed by atoms with Gasteiger partial charge in [0.25, 0.3) is 0 Å². The van der Waals surface area contributed by atoms with Gasteiger partial charge < -0.3 is 19.7 Å². The van der Waals surface area contributed by atoms with E-state index in [2.05, 4.69) is 0 Å². The van der Waals surface area contributed by atoms with Crippen molar-refractivity contribution in [3.63, 3.8) is 0 Å². The molecule has 8 nitrogen and oxygen atoms in total. The highest BCUT2D eigenvalue weighted by molar-refractivity contribution is 6.29. The molecule has 0 amide bonds. The summed E-state index contributed by atoms with van der Waals surface area (Å²) in [6.45, 7) is 6.83. The van der Waals surface area contributed by atoms with Crippen molar-refractivity contribution >= 4 is 23.1 Å². The van der Waals surface area contributed by atoms with E-state index in [1.165, 1.54) is 12.1 Å². The number of ether oxygens (including phenoxy) is 2. The molecular formula is C26H22O8. The lowest BCUT2D eigenvalue weighted by molar-refractivity contribution is 0.0887. The van der Waals surface area contributed by atoms with Gasteiger partial charge in [-0.05, 0) is 51.0 Å². The number of ketones is 4. The Morgan fingerprint density at radius 2 is 1.21 bits per heavy atom. The van der Waals surface area contributed by atoms with Crippen molar-refractivity contribution in [3.8, 4) is 22.6 Å². The van der Waals surface area contributed by atoms with Crippen LogP contribution in [0, 0.1) is 13.8 Å². The number of rotatable bonds is 5. The van der Waals surface area contributed by atoms with E-state index in [0.717, 1.165) is 12.2 Å². The molecule has 0 aliphatic heterocycles. The maximum absolute atomic E-state index is 13.1. The molecule has 0 radical (unpaired) electrons. The monoisotopic (exact) mass is 462 g/mol. The van der Waals surface area contributed by atoms with Crippen LogP contribution >= 0.6 is 0 Å². The van der Waals surface area contributed by atoms with Gasteiger partial charge in [-0.3, -0.25) is 19.2 Å². The summed E-state index contributed by atoms with van der Waals surface area (Å²) >= 11 is 0. The molecular weight excluding hydrogens is 440 g/mol. The van der Waals surface area contributed by atoms with Crippen LogP contribution < -0.4 is 0 Å². The van der Waals surface area contributed by atoms with Crippen LogP contribution in [0.2, 0.25) is 0 Å². The summed E-state index contributed by atoms with van der Waals surface area (Å²) in [6.07, 6.45) is 2.13. The molecule has 2 aromatic rings. The van der Waals surface area contributed by atoms with Gasteiger partial charge in [-0.25, -0.2) is 0 Å². The molecule has 2 N–H and O–H groups in total. The summed E-state index contributed by atoms with van der Waals surface area (Å²) in [5.41, 5.74) is 0.506. The summed E-state index contributed by atoms with van der Waals surface area (Å²) < 4.78 is 10.5. The molecule has 0 fully saturated rings. The van der Waals surface area contributed by atoms with Gasteiger partial charge in [0, 0.05) is 34.4 Å². The van der Waals surface area contributed by atoms with E-state index in [4.69, 9.17) is 9.47 Å². The van der Waals surface area contributed by atoms with E-state index in [-0.39, 0.29) is 58.1 Å². The van der Waals surface area contributed by atoms with Gasteiger partial charge in [0.2, 0.25) is 11.6 Å². The second-order valence-corrected chi connectivity index (χ2v) is 7.95. The molecule has 174 valence electrons. The van der Waals surface area contributed by atoms with Crippen LogP contribution in [0.3, 0.4) is 0 Å². The summed E-state index contributed by atoms with van der Waals surface area (Å²) in [5.74, 6) is -3.71. The number of carbonyl (C=O) groups is 4. The first kappa shape index (κ1) is 23.0. The number of phenols is 2. The van der Waals surface area contributed by atoms with Gasteiger partial charge in [-0.1, -0.05) is 0 Å². The number of benzene rings is 2. The first-order valence-corrected chi connectivity index (χ1v) is 10.7. The van der Waals surface area contributed by atoms with Crippen LogP contribution in [0.25, 0.3) is 11.1 Å². The Labute approximate surface area is 195 Å². The Kier molecular flexibility index (Phi) is 5.61. The summed E-state index contributed by atoms with van der Waals surface area (Å²) in [4.78, 5) is 51.8. The molecule has 2 aliphatic rings. The predicted molar refractivity (Wildman–Crippen MR) is 121 cm³/mol. The summed E-state index contributed by atoms with van der Waals surface area (Å²) in [6, 6.07) is 2.77. The number of fused-ring (bicyclic) bond motifs is 2. The van der Waals surface area contributed by atoms with E-state index >= 15 is 0 Å². The van der Waals surface area contributed by atoms with E-state index in [1.54, 1.807) is 27.7 Å². The van der Waals surface area contributed by atoms with Crippen molar-refractivity contribution < 1.29 is 38.9 Å². The second kappa shape index (κ2) is 8.30.